The summed E-state index contributed by atoms with van der Waals surface area (Å²) in [4.78, 5) is 49.2. The SMILES string of the molecule is C#Cc1cnc(-c2ccc(S(=O)(=O)NC(C)(C)C)s2)nc1Nc1cc(C2CC2)[nH]n1.C#Cc1cnc(-c2ccc(S(N)(=O)=O)s2)nc1Nc1cc(C2CC2)[nH]n1.CC(=O)c1ccc(-c2ncc(Cl)c(Nc3cc(C4CC4)[nH]n3)n2)s1.CNS(=O)(=O)c1ccc(-c2ncc(Cl)c(Nc3cc(C4CC4)[nH]n3)n2)cc1.[HH].[HH].[HH].[HH].[HH].[HH].[HH]. The number of Topliss-reactive ketones (excluding diaryl/α,β-unsaturated/α-hetero) is 1. The fraction of sp³-hybridized carbons (Fsp3) is 0.261. The van der Waals surface area contributed by atoms with Crippen molar-refractivity contribution in [3.63, 3.8) is 0 Å². The smallest absolute Gasteiger partial charge is 0.250 e. The summed E-state index contributed by atoms with van der Waals surface area (Å²) in [6.07, 6.45) is 26.7. The van der Waals surface area contributed by atoms with Crippen molar-refractivity contribution in [3.05, 3.63) is 159 Å². The first kappa shape index (κ1) is 75.0. The van der Waals surface area contributed by atoms with Crippen LogP contribution in [0.5, 0.6) is 0 Å². The second kappa shape index (κ2) is 31.3. The molecule has 12 N–H and O–H groups in total. The molecule has 11 aromatic heterocycles. The maximum atomic E-state index is 12.6. The van der Waals surface area contributed by atoms with Crippen molar-refractivity contribution in [3.8, 4) is 68.2 Å². The lowest BCUT2D eigenvalue weighted by Crippen LogP contribution is -2.40. The molecule has 16 rings (SSSR count). The number of nitrogens with two attached hydrogens (primary N) is 1. The molecule has 0 unspecified atom stereocenters. The van der Waals surface area contributed by atoms with Gasteiger partial charge in [-0.3, -0.25) is 25.2 Å². The van der Waals surface area contributed by atoms with E-state index in [-0.39, 0.29) is 29.1 Å². The molecule has 4 saturated carbocycles. The summed E-state index contributed by atoms with van der Waals surface area (Å²) in [5.74, 6) is 13.4. The van der Waals surface area contributed by atoms with Crippen LogP contribution in [-0.4, -0.2) is 124 Å². The van der Waals surface area contributed by atoms with Gasteiger partial charge in [0.1, 0.15) is 18.5 Å². The van der Waals surface area contributed by atoms with Crippen molar-refractivity contribution < 1.29 is 40.0 Å². The molecule has 564 valence electrons. The number of aromatic amines is 4. The largest absolute Gasteiger partial charge is 0.322 e. The quantitative estimate of drug-likeness (QED) is 0.0222. The summed E-state index contributed by atoms with van der Waals surface area (Å²) in [5, 5.41) is 47.5. The second-order valence-corrected chi connectivity index (χ2v) is 35.7. The number of aromatic nitrogens is 16. The molecule has 0 amide bonds. The predicted octanol–water partition coefficient (Wildman–Crippen LogP) is 15.0. The number of terminal acetylenes is 2. The van der Waals surface area contributed by atoms with Gasteiger partial charge >= 0.3 is 0 Å². The third kappa shape index (κ3) is 19.1. The molecule has 11 heterocycles. The lowest BCUT2D eigenvalue weighted by Gasteiger charge is -2.19. The summed E-state index contributed by atoms with van der Waals surface area (Å²) >= 11 is 15.9. The summed E-state index contributed by atoms with van der Waals surface area (Å²) in [6.45, 7) is 6.92. The summed E-state index contributed by atoms with van der Waals surface area (Å²) in [5.41, 5.74) is 5.48. The first-order valence-electron chi connectivity index (χ1n) is 33.1. The Bertz CT molecular complexity index is 5780. The molecule has 0 saturated heterocycles. The minimum absolute atomic E-state index is 0. The van der Waals surface area contributed by atoms with E-state index in [2.05, 4.69) is 123 Å². The molecule has 107 heavy (non-hydrogen) atoms. The molecule has 30 nitrogen and oxygen atoms in total. The zero-order chi connectivity index (χ0) is 75.5. The van der Waals surface area contributed by atoms with Crippen LogP contribution < -0.4 is 35.9 Å². The van der Waals surface area contributed by atoms with Gasteiger partial charge in [0.25, 0.3) is 10.0 Å². The fourth-order valence-corrected chi connectivity index (χ4v) is 16.4. The Kier molecular flexibility index (Phi) is 22.0. The maximum Gasteiger partial charge on any atom is 0.250 e. The van der Waals surface area contributed by atoms with Gasteiger partial charge in [0, 0.05) is 104 Å². The van der Waals surface area contributed by atoms with E-state index < -0.39 is 35.6 Å². The molecular weight excluding hydrogens is 1530 g/mol. The zero-order valence-corrected chi connectivity index (χ0v) is 63.9. The average molecular weight is 1610 g/mol. The molecule has 4 fully saturated rings. The maximum absolute atomic E-state index is 12.6. The number of sulfonamides is 3. The number of hydrogen-bond acceptors (Lipinski definition) is 26. The van der Waals surface area contributed by atoms with Gasteiger partial charge in [0.05, 0.1) is 47.9 Å². The predicted molar refractivity (Wildman–Crippen MR) is 427 cm³/mol. The van der Waals surface area contributed by atoms with Gasteiger partial charge in [-0.05, 0) is 147 Å². The van der Waals surface area contributed by atoms with Crippen LogP contribution in [0.1, 0.15) is 156 Å². The molecule has 12 aromatic rings. The number of primary sulfonamides is 1. The van der Waals surface area contributed by atoms with Crippen LogP contribution in [0.15, 0.2) is 123 Å². The lowest BCUT2D eigenvalue weighted by molar-refractivity contribution is 0.102. The Balaban J connectivity index is 0.000000232. The highest BCUT2D eigenvalue weighted by molar-refractivity contribution is 7.92. The highest BCUT2D eigenvalue weighted by Crippen LogP contribution is 2.44. The fourth-order valence-electron chi connectivity index (χ4n) is 10.3. The van der Waals surface area contributed by atoms with Gasteiger partial charge < -0.3 is 21.3 Å². The lowest BCUT2D eigenvalue weighted by atomic mass is 10.1. The molecule has 0 radical (unpaired) electrons. The molecule has 4 aliphatic carbocycles. The number of carbonyl (C=O) groups excluding carboxylic acids is 1. The molecule has 0 aliphatic heterocycles. The van der Waals surface area contributed by atoms with Gasteiger partial charge in [0.2, 0.25) is 20.0 Å². The third-order valence-electron chi connectivity index (χ3n) is 16.3. The zero-order valence-electron chi connectivity index (χ0n) is 57.5. The number of rotatable bonds is 22. The van der Waals surface area contributed by atoms with Crippen molar-refractivity contribution in [1.82, 2.24) is 90.1 Å². The Morgan fingerprint density at radius 1 is 0.514 bits per heavy atom. The molecular formula is C69H81Cl2N23O7S6. The number of carbonyl (C=O) groups is 1. The first-order chi connectivity index (χ1) is 51.1. The monoisotopic (exact) mass is 1610 g/mol. The molecule has 1 aromatic carbocycles. The van der Waals surface area contributed by atoms with Crippen LogP contribution in [0.2, 0.25) is 10.0 Å². The van der Waals surface area contributed by atoms with Crippen molar-refractivity contribution >= 4 is 140 Å². The number of halogens is 2. The highest BCUT2D eigenvalue weighted by Gasteiger charge is 2.30. The Morgan fingerprint density at radius 3 is 1.25 bits per heavy atom. The number of anilines is 8. The molecule has 0 spiro atoms. The van der Waals surface area contributed by atoms with Crippen LogP contribution in [0.25, 0.3) is 43.5 Å². The van der Waals surface area contributed by atoms with Crippen molar-refractivity contribution in [2.45, 2.75) is 122 Å². The number of nitrogens with one attached hydrogen (secondary N) is 10. The van der Waals surface area contributed by atoms with Crippen molar-refractivity contribution in [2.75, 3.05) is 28.3 Å². The van der Waals surface area contributed by atoms with Gasteiger partial charge in [0.15, 0.2) is 75.6 Å². The Morgan fingerprint density at radius 2 is 0.879 bits per heavy atom. The van der Waals surface area contributed by atoms with Gasteiger partial charge in [-0.15, -0.1) is 46.9 Å². The van der Waals surface area contributed by atoms with E-state index in [1.165, 1.54) is 100 Å². The van der Waals surface area contributed by atoms with Crippen LogP contribution in [0.4, 0.5) is 46.5 Å². The van der Waals surface area contributed by atoms with Gasteiger partial charge in [-0.2, -0.15) is 20.4 Å². The van der Waals surface area contributed by atoms with E-state index >= 15 is 0 Å². The van der Waals surface area contributed by atoms with Gasteiger partial charge in [-0.1, -0.05) is 35.0 Å². The average Bonchev–Trinajstić information content (AvgIpc) is 1.62. The molecule has 0 atom stereocenters. The van der Waals surface area contributed by atoms with Crippen molar-refractivity contribution in [1.29, 1.82) is 0 Å². The summed E-state index contributed by atoms with van der Waals surface area (Å²) < 4.78 is 76.9. The van der Waals surface area contributed by atoms with Crippen LogP contribution in [0, 0.1) is 24.7 Å². The topological polar surface area (TPSA) is 436 Å². The normalized spacial score (nSPS) is 14.2. The van der Waals surface area contributed by atoms with E-state index in [9.17, 15) is 30.0 Å². The minimum atomic E-state index is -3.76. The highest BCUT2D eigenvalue weighted by atomic mass is 35.5. The van der Waals surface area contributed by atoms with Gasteiger partial charge in [-0.25, -0.2) is 79.7 Å². The molecule has 4 aliphatic rings. The number of nitrogens with zero attached hydrogens (tertiary/aromatic N) is 12. The number of ketones is 1. The molecule has 0 bridgehead atoms. The van der Waals surface area contributed by atoms with Crippen LogP contribution in [0.3, 0.4) is 0 Å². The minimum Gasteiger partial charge on any atom is -0.322 e. The number of benzene rings is 1. The number of hydrogen-bond donors (Lipinski definition) is 11. The van der Waals surface area contributed by atoms with E-state index in [0.717, 1.165) is 50.3 Å². The van der Waals surface area contributed by atoms with Crippen LogP contribution >= 0.6 is 57.2 Å². The molecule has 38 heteroatoms. The number of H-pyrrole nitrogens is 4. The Hall–Kier alpha value is -10.2. The van der Waals surface area contributed by atoms with E-state index in [1.54, 1.807) is 76.5 Å². The standard InChI is InChI=1S/C20H22N6O2S2.C17H17ClN6O2S.C16H14ClN5OS.C16H14N6O2S2.7H2/c1-5-12-11-21-19(15-8-9-17(29-15)30(27,28)26-20(2,3)4)23-18(12)22-16-10-14(24-25-16)13-6-7-13;1-19-27(25,26)12-6-4-11(5-7-12)16-20-9-13(18)17(22-16)21-15-8-14(23-24-15)10-2-3-10;1-8(23)12-4-5-13(24-12)16-18-7-10(17)15(20-16)19-14-6-11(21-22-14)9-2-3-9;1-2-9-8-18-16(12-5-6-14(25-12)26(17,23)24)20-15(9)19-13-7-11(21-22-13)10-3-4-10;;;;;;;/h1,8-11,13,26H,6-7H2,2-4H3,(H2,21,22,23,24,25);4-10,19H,2-3H2,1H3,(H2,20,21,22,23,24);4-7,9H,2-3H2,1H3,(H2,18,19,20,21,22);1,5-8,10H,3-4H2,(H2,17,23,24)(H2,18,19,20,21,22);7*1H. The van der Waals surface area contributed by atoms with Crippen molar-refractivity contribution in [2.24, 2.45) is 5.14 Å². The van der Waals surface area contributed by atoms with E-state index in [4.69, 9.17) is 41.2 Å². The summed E-state index contributed by atoms with van der Waals surface area (Å²) in [7, 11) is -9.51. The summed E-state index contributed by atoms with van der Waals surface area (Å²) in [6, 6.07) is 24.0. The van der Waals surface area contributed by atoms with Crippen LogP contribution in [-0.2, 0) is 30.1 Å². The van der Waals surface area contributed by atoms with E-state index in [1.807, 2.05) is 30.3 Å². The second-order valence-electron chi connectivity index (χ2n) is 26.0. The first-order valence-corrected chi connectivity index (χ1v) is 40.8. The Labute approximate surface area is 647 Å². The number of thiophene rings is 3. The van der Waals surface area contributed by atoms with E-state index in [0.29, 0.717) is 135 Å². The third-order valence-corrected chi connectivity index (χ3v) is 25.3.